The summed E-state index contributed by atoms with van der Waals surface area (Å²) in [5, 5.41) is 26.5. The van der Waals surface area contributed by atoms with Crippen LogP contribution in [0.5, 0.6) is 0 Å². The van der Waals surface area contributed by atoms with Crippen LogP contribution in [0.4, 0.5) is 0 Å². The van der Waals surface area contributed by atoms with E-state index in [1.54, 1.807) is 0 Å². The molecular formula is C7H18NNaO7S. The topological polar surface area (TPSA) is 148 Å². The molecule has 0 heterocycles. The van der Waals surface area contributed by atoms with Gasteiger partial charge in [0.05, 0.1) is 19.3 Å². The Balaban J connectivity index is -0.000000980. The molecule has 0 fully saturated rings. The maximum atomic E-state index is 10.4. The molecule has 1 unspecified atom stereocenters. The van der Waals surface area contributed by atoms with Crippen LogP contribution in [0.25, 0.3) is 0 Å². The van der Waals surface area contributed by atoms with Crippen molar-refractivity contribution in [3.8, 4) is 0 Å². The van der Waals surface area contributed by atoms with Crippen molar-refractivity contribution in [1.29, 1.82) is 0 Å². The van der Waals surface area contributed by atoms with Crippen LogP contribution in [0.1, 0.15) is 0 Å². The second kappa shape index (κ2) is 11.8. The molecule has 0 bridgehead atoms. The molecule has 0 aromatic rings. The molecule has 10 heteroatoms. The molecule has 0 aromatic carbocycles. The third kappa shape index (κ3) is 14.7. The van der Waals surface area contributed by atoms with Gasteiger partial charge in [0.2, 0.25) is 0 Å². The Bertz CT molecular complexity index is 255. The van der Waals surface area contributed by atoms with Crippen LogP contribution in [0, 0.1) is 0 Å². The molecule has 0 aliphatic heterocycles. The van der Waals surface area contributed by atoms with E-state index in [-0.39, 0.29) is 67.9 Å². The molecule has 0 rings (SSSR count). The zero-order valence-corrected chi connectivity index (χ0v) is 12.5. The number of nitrogens with zero attached hydrogens (tertiary/aromatic N) is 1. The maximum absolute atomic E-state index is 10.4. The summed E-state index contributed by atoms with van der Waals surface area (Å²) in [6.07, 6.45) is -1.24. The van der Waals surface area contributed by atoms with Gasteiger partial charge < -0.3 is 20.8 Å². The van der Waals surface area contributed by atoms with Crippen molar-refractivity contribution >= 4 is 10.1 Å². The van der Waals surface area contributed by atoms with Crippen LogP contribution >= 0.6 is 0 Å². The second-order valence-corrected chi connectivity index (χ2v) is 4.65. The van der Waals surface area contributed by atoms with Crippen LogP contribution < -0.4 is 29.6 Å². The van der Waals surface area contributed by atoms with Gasteiger partial charge in [0.25, 0.3) is 10.1 Å². The molecule has 0 saturated carbocycles. The molecule has 100 valence electrons. The van der Waals surface area contributed by atoms with E-state index in [0.29, 0.717) is 0 Å². The van der Waals surface area contributed by atoms with Crippen molar-refractivity contribution in [2.24, 2.45) is 0 Å². The monoisotopic (exact) mass is 283 g/mol. The average molecular weight is 283 g/mol. The zero-order chi connectivity index (χ0) is 11.9. The molecule has 5 N–H and O–H groups in total. The summed E-state index contributed by atoms with van der Waals surface area (Å²) in [6.45, 7) is 0.115. The van der Waals surface area contributed by atoms with Crippen molar-refractivity contribution in [2.45, 2.75) is 6.10 Å². The summed E-state index contributed by atoms with van der Waals surface area (Å²) < 4.78 is 29.3. The van der Waals surface area contributed by atoms with E-state index in [0.717, 1.165) is 0 Å². The maximum Gasteiger partial charge on any atom is 1.00 e. The van der Waals surface area contributed by atoms with Crippen molar-refractivity contribution < 1.29 is 63.3 Å². The van der Waals surface area contributed by atoms with Crippen molar-refractivity contribution in [2.75, 3.05) is 38.6 Å². The van der Waals surface area contributed by atoms with Gasteiger partial charge in [-0.3, -0.25) is 9.45 Å². The van der Waals surface area contributed by atoms with Gasteiger partial charge in [-0.1, -0.05) is 0 Å². The average Bonchev–Trinajstić information content (AvgIpc) is 2.00. The zero-order valence-electron chi connectivity index (χ0n) is 9.73. The van der Waals surface area contributed by atoms with E-state index >= 15 is 0 Å². The molecule has 8 nitrogen and oxygen atoms in total. The SMILES string of the molecule is O=S(=O)(O)CC(O)CN(CCO)CCO.[Na+].[OH-]. The molecule has 0 radical (unpaired) electrons. The molecule has 0 aliphatic carbocycles. The normalized spacial score (nSPS) is 12.8. The number of hydrogen-bond donors (Lipinski definition) is 4. The van der Waals surface area contributed by atoms with Crippen LogP contribution in [0.2, 0.25) is 0 Å². The first-order valence-electron chi connectivity index (χ1n) is 4.46. The Morgan fingerprint density at radius 3 is 1.82 bits per heavy atom. The Kier molecular flexibility index (Phi) is 15.8. The Morgan fingerprint density at radius 2 is 1.53 bits per heavy atom. The third-order valence-corrected chi connectivity index (χ3v) is 2.51. The third-order valence-electron chi connectivity index (χ3n) is 1.70. The van der Waals surface area contributed by atoms with Crippen LogP contribution in [0.3, 0.4) is 0 Å². The largest absolute Gasteiger partial charge is 1.00 e. The fourth-order valence-electron chi connectivity index (χ4n) is 1.17. The van der Waals surface area contributed by atoms with Gasteiger partial charge in [0.1, 0.15) is 5.75 Å². The quantitative estimate of drug-likeness (QED) is 0.254. The predicted molar refractivity (Wildman–Crippen MR) is 55.0 cm³/mol. The number of aliphatic hydroxyl groups excluding tert-OH is 3. The predicted octanol–water partition coefficient (Wildman–Crippen LogP) is -5.65. The summed E-state index contributed by atoms with van der Waals surface area (Å²) >= 11 is 0. The van der Waals surface area contributed by atoms with Gasteiger partial charge in [-0.25, -0.2) is 0 Å². The van der Waals surface area contributed by atoms with E-state index in [1.807, 2.05) is 0 Å². The van der Waals surface area contributed by atoms with Gasteiger partial charge >= 0.3 is 29.6 Å². The molecule has 1 atom stereocenters. The Morgan fingerprint density at radius 1 is 1.12 bits per heavy atom. The smallest absolute Gasteiger partial charge is 0.870 e. The van der Waals surface area contributed by atoms with E-state index in [2.05, 4.69) is 0 Å². The van der Waals surface area contributed by atoms with Crippen LogP contribution in [-0.2, 0) is 10.1 Å². The van der Waals surface area contributed by atoms with Crippen molar-refractivity contribution in [1.82, 2.24) is 4.90 Å². The fourth-order valence-corrected chi connectivity index (χ4v) is 1.76. The Labute approximate surface area is 123 Å². The van der Waals surface area contributed by atoms with E-state index in [1.165, 1.54) is 4.90 Å². The van der Waals surface area contributed by atoms with E-state index in [9.17, 15) is 13.5 Å². The van der Waals surface area contributed by atoms with Gasteiger partial charge in [-0.2, -0.15) is 8.42 Å². The molecule has 0 spiro atoms. The summed E-state index contributed by atoms with van der Waals surface area (Å²) in [5.41, 5.74) is 0. The standard InChI is InChI=1S/C7H17NO6S.Na.H2O/c9-3-1-8(2-4-10)5-7(11)6-15(12,13)14;;/h7,9-11H,1-6H2,(H,12,13,14);;1H2/q;+1;/p-1. The molecule has 0 aliphatic rings. The minimum Gasteiger partial charge on any atom is -0.870 e. The molecule has 0 saturated heterocycles. The minimum atomic E-state index is -4.20. The van der Waals surface area contributed by atoms with E-state index < -0.39 is 22.0 Å². The van der Waals surface area contributed by atoms with Crippen LogP contribution in [0.15, 0.2) is 0 Å². The molecule has 0 amide bonds. The molecule has 17 heavy (non-hydrogen) atoms. The first-order chi connectivity index (χ1) is 6.89. The summed E-state index contributed by atoms with van der Waals surface area (Å²) in [6, 6.07) is 0. The van der Waals surface area contributed by atoms with Crippen molar-refractivity contribution in [3.05, 3.63) is 0 Å². The molecule has 0 aromatic heterocycles. The first-order valence-corrected chi connectivity index (χ1v) is 6.07. The van der Waals surface area contributed by atoms with E-state index in [4.69, 9.17) is 14.8 Å². The van der Waals surface area contributed by atoms with Crippen LogP contribution in [-0.4, -0.2) is 83.4 Å². The fraction of sp³-hybridized carbons (Fsp3) is 1.00. The summed E-state index contributed by atoms with van der Waals surface area (Å²) in [5.74, 6) is -0.750. The summed E-state index contributed by atoms with van der Waals surface area (Å²) in [4.78, 5) is 1.50. The summed E-state index contributed by atoms with van der Waals surface area (Å²) in [7, 11) is -4.20. The molecular weight excluding hydrogens is 265 g/mol. The Hall–Kier alpha value is 0.710. The number of aliphatic hydroxyl groups is 3. The minimum absolute atomic E-state index is 0. The van der Waals surface area contributed by atoms with Gasteiger partial charge in [-0.05, 0) is 0 Å². The number of hydrogen-bond acceptors (Lipinski definition) is 7. The van der Waals surface area contributed by atoms with Gasteiger partial charge in [-0.15, -0.1) is 0 Å². The number of rotatable bonds is 8. The van der Waals surface area contributed by atoms with Crippen molar-refractivity contribution in [3.63, 3.8) is 0 Å². The van der Waals surface area contributed by atoms with Gasteiger partial charge in [0.15, 0.2) is 0 Å². The van der Waals surface area contributed by atoms with Gasteiger partial charge in [0, 0.05) is 19.6 Å². The second-order valence-electron chi connectivity index (χ2n) is 3.15. The first kappa shape index (κ1) is 22.9.